The molecule has 28 heavy (non-hydrogen) atoms. The fourth-order valence-corrected chi connectivity index (χ4v) is 2.90. The van der Waals surface area contributed by atoms with Gasteiger partial charge in [0, 0.05) is 45.8 Å². The number of carbonyl (C=O) groups is 2. The minimum Gasteiger partial charge on any atom is -0.353 e. The lowest BCUT2D eigenvalue weighted by molar-refractivity contribution is -0.123. The van der Waals surface area contributed by atoms with Crippen LogP contribution in [0.5, 0.6) is 0 Å². The van der Waals surface area contributed by atoms with Crippen molar-refractivity contribution in [2.75, 3.05) is 40.3 Å². The zero-order valence-corrected chi connectivity index (χ0v) is 18.9. The Kier molecular flexibility index (Phi) is 10.6. The molecule has 0 radical (unpaired) electrons. The molecule has 1 aromatic rings. The lowest BCUT2D eigenvalue weighted by Gasteiger charge is -2.26. The van der Waals surface area contributed by atoms with Gasteiger partial charge in [-0.15, -0.1) is 30.6 Å². The molecule has 1 aromatic carbocycles. The van der Waals surface area contributed by atoms with Gasteiger partial charge in [0.1, 0.15) is 0 Å². The molecule has 0 saturated carbocycles. The van der Waals surface area contributed by atoms with Gasteiger partial charge in [-0.1, -0.05) is 18.2 Å². The van der Waals surface area contributed by atoms with E-state index in [1.54, 1.807) is 11.9 Å². The number of guanidine groups is 1. The van der Waals surface area contributed by atoms with Crippen molar-refractivity contribution in [3.63, 3.8) is 0 Å². The van der Waals surface area contributed by atoms with Crippen LogP contribution in [0.15, 0.2) is 41.9 Å². The minimum absolute atomic E-state index is 0. The number of nitrogens with one attached hydrogen (secondary N) is 2. The molecular formula is C20H30IN5O2. The summed E-state index contributed by atoms with van der Waals surface area (Å²) in [6.07, 6.45) is 3.94. The fraction of sp³-hybridized carbons (Fsp3) is 0.450. The lowest BCUT2D eigenvalue weighted by atomic mass is 10.1. The summed E-state index contributed by atoms with van der Waals surface area (Å²) in [6.45, 7) is 6.44. The molecule has 2 amide bonds. The van der Waals surface area contributed by atoms with Crippen LogP contribution in [0.25, 0.3) is 0 Å². The van der Waals surface area contributed by atoms with E-state index in [4.69, 9.17) is 0 Å². The maximum absolute atomic E-state index is 12.5. The van der Waals surface area contributed by atoms with Crippen LogP contribution in [0.1, 0.15) is 28.8 Å². The largest absolute Gasteiger partial charge is 0.353 e. The molecule has 1 saturated heterocycles. The maximum Gasteiger partial charge on any atom is 0.254 e. The molecule has 2 N–H and O–H groups in total. The van der Waals surface area contributed by atoms with Crippen molar-refractivity contribution in [1.29, 1.82) is 0 Å². The number of unbranched alkanes of at least 4 members (excludes halogenated alkanes) is 1. The molecule has 2 rings (SSSR count). The first-order chi connectivity index (χ1) is 13.0. The Balaban J connectivity index is 0.00000392. The summed E-state index contributed by atoms with van der Waals surface area (Å²) in [5, 5.41) is 6.06. The standard InChI is InChI=1S/C20H29N5O2.HI/c1-4-5-6-12-24(3)20(21-2)23-14-16-7-9-17(10-8-16)19(27)25-13-11-22-18(26)15-25;/h4,7-10H,1,5-6,11-15H2,2-3H3,(H,21,23)(H,22,26);1H. The van der Waals surface area contributed by atoms with Crippen molar-refractivity contribution < 1.29 is 9.59 Å². The molecule has 1 heterocycles. The number of piperazine rings is 1. The predicted octanol–water partition coefficient (Wildman–Crippen LogP) is 1.85. The second-order valence-electron chi connectivity index (χ2n) is 6.53. The Morgan fingerprint density at radius 2 is 2.11 bits per heavy atom. The summed E-state index contributed by atoms with van der Waals surface area (Å²) >= 11 is 0. The smallest absolute Gasteiger partial charge is 0.254 e. The molecule has 7 nitrogen and oxygen atoms in total. The average molecular weight is 499 g/mol. The number of hydrogen-bond donors (Lipinski definition) is 2. The van der Waals surface area contributed by atoms with E-state index in [1.807, 2.05) is 37.4 Å². The number of benzene rings is 1. The van der Waals surface area contributed by atoms with Crippen LogP contribution in [0.2, 0.25) is 0 Å². The fourth-order valence-electron chi connectivity index (χ4n) is 2.90. The third-order valence-corrected chi connectivity index (χ3v) is 4.45. The average Bonchev–Trinajstić information content (AvgIpc) is 2.68. The van der Waals surface area contributed by atoms with Crippen molar-refractivity contribution in [2.45, 2.75) is 19.4 Å². The third-order valence-electron chi connectivity index (χ3n) is 4.45. The Hall–Kier alpha value is -2.10. The number of halogens is 1. The maximum atomic E-state index is 12.5. The van der Waals surface area contributed by atoms with Crippen molar-refractivity contribution in [3.8, 4) is 0 Å². The molecule has 0 bridgehead atoms. The normalized spacial score (nSPS) is 14.0. The molecule has 0 unspecified atom stereocenters. The zero-order chi connectivity index (χ0) is 19.6. The van der Waals surface area contributed by atoms with E-state index in [9.17, 15) is 9.59 Å². The van der Waals surface area contributed by atoms with Crippen LogP contribution < -0.4 is 10.6 Å². The van der Waals surface area contributed by atoms with Gasteiger partial charge in [-0.05, 0) is 30.5 Å². The quantitative estimate of drug-likeness (QED) is 0.198. The highest BCUT2D eigenvalue weighted by molar-refractivity contribution is 14.0. The van der Waals surface area contributed by atoms with Crippen molar-refractivity contribution in [2.24, 2.45) is 4.99 Å². The zero-order valence-electron chi connectivity index (χ0n) is 16.6. The van der Waals surface area contributed by atoms with Crippen LogP contribution in [0.3, 0.4) is 0 Å². The predicted molar refractivity (Wildman–Crippen MR) is 123 cm³/mol. The highest BCUT2D eigenvalue weighted by Crippen LogP contribution is 2.09. The summed E-state index contributed by atoms with van der Waals surface area (Å²) in [7, 11) is 3.78. The van der Waals surface area contributed by atoms with Crippen LogP contribution in [-0.2, 0) is 11.3 Å². The molecule has 154 valence electrons. The van der Waals surface area contributed by atoms with E-state index in [-0.39, 0.29) is 42.3 Å². The van der Waals surface area contributed by atoms with Crippen molar-refractivity contribution in [1.82, 2.24) is 20.4 Å². The number of aliphatic imine (C=N–C) groups is 1. The molecule has 1 aliphatic heterocycles. The van der Waals surface area contributed by atoms with Gasteiger partial charge in [-0.25, -0.2) is 0 Å². The summed E-state index contributed by atoms with van der Waals surface area (Å²) in [6, 6.07) is 7.47. The van der Waals surface area contributed by atoms with E-state index in [1.165, 1.54) is 0 Å². The van der Waals surface area contributed by atoms with Gasteiger partial charge < -0.3 is 20.4 Å². The van der Waals surface area contributed by atoms with Gasteiger partial charge in [-0.2, -0.15) is 0 Å². The van der Waals surface area contributed by atoms with Crippen LogP contribution >= 0.6 is 24.0 Å². The molecule has 1 aliphatic rings. The van der Waals surface area contributed by atoms with E-state index in [0.29, 0.717) is 25.2 Å². The van der Waals surface area contributed by atoms with E-state index >= 15 is 0 Å². The first-order valence-corrected chi connectivity index (χ1v) is 9.22. The van der Waals surface area contributed by atoms with Gasteiger partial charge in [0.05, 0.1) is 6.54 Å². The first kappa shape index (κ1) is 23.9. The molecular weight excluding hydrogens is 469 g/mol. The molecule has 1 fully saturated rings. The topological polar surface area (TPSA) is 77.0 Å². The molecule has 0 aromatic heterocycles. The van der Waals surface area contributed by atoms with Crippen LogP contribution in [0.4, 0.5) is 0 Å². The van der Waals surface area contributed by atoms with Crippen LogP contribution in [-0.4, -0.2) is 67.8 Å². The van der Waals surface area contributed by atoms with E-state index in [2.05, 4.69) is 27.1 Å². The van der Waals surface area contributed by atoms with Crippen LogP contribution in [0, 0.1) is 0 Å². The lowest BCUT2D eigenvalue weighted by Crippen LogP contribution is -2.49. The summed E-state index contributed by atoms with van der Waals surface area (Å²) < 4.78 is 0. The third kappa shape index (κ3) is 7.14. The minimum atomic E-state index is -0.112. The molecule has 0 spiro atoms. The number of nitrogens with zero attached hydrogens (tertiary/aromatic N) is 3. The summed E-state index contributed by atoms with van der Waals surface area (Å²) in [5.74, 6) is 0.611. The highest BCUT2D eigenvalue weighted by Gasteiger charge is 2.22. The van der Waals surface area contributed by atoms with E-state index < -0.39 is 0 Å². The monoisotopic (exact) mass is 499 g/mol. The number of carbonyl (C=O) groups excluding carboxylic acids is 2. The Bertz CT molecular complexity index is 690. The van der Waals surface area contributed by atoms with Crippen molar-refractivity contribution in [3.05, 3.63) is 48.0 Å². The van der Waals surface area contributed by atoms with Gasteiger partial charge >= 0.3 is 0 Å². The second-order valence-corrected chi connectivity index (χ2v) is 6.53. The number of allylic oxidation sites excluding steroid dienone is 1. The Morgan fingerprint density at radius 1 is 1.39 bits per heavy atom. The highest BCUT2D eigenvalue weighted by atomic mass is 127. The number of amides is 2. The Morgan fingerprint density at radius 3 is 2.71 bits per heavy atom. The number of rotatable bonds is 7. The molecule has 8 heteroatoms. The number of hydrogen-bond acceptors (Lipinski definition) is 3. The molecule has 0 atom stereocenters. The molecule has 0 aliphatic carbocycles. The summed E-state index contributed by atoms with van der Waals surface area (Å²) in [5.41, 5.74) is 1.66. The Labute approximate surface area is 184 Å². The van der Waals surface area contributed by atoms with Gasteiger partial charge in [0.15, 0.2) is 5.96 Å². The summed E-state index contributed by atoms with van der Waals surface area (Å²) in [4.78, 5) is 31.9. The SMILES string of the molecule is C=CCCCN(C)C(=NC)NCc1ccc(C(=O)N2CCNC(=O)C2)cc1.I. The van der Waals surface area contributed by atoms with Crippen molar-refractivity contribution >= 4 is 41.8 Å². The van der Waals surface area contributed by atoms with E-state index in [0.717, 1.165) is 30.9 Å². The second kappa shape index (κ2) is 12.4. The van der Waals surface area contributed by atoms with Gasteiger partial charge in [0.2, 0.25) is 5.91 Å². The first-order valence-electron chi connectivity index (χ1n) is 9.22. The van der Waals surface area contributed by atoms with Gasteiger partial charge in [0.25, 0.3) is 5.91 Å². The van der Waals surface area contributed by atoms with Gasteiger partial charge in [-0.3, -0.25) is 14.6 Å².